The van der Waals surface area contributed by atoms with Crippen molar-refractivity contribution in [1.82, 2.24) is 0 Å². The molecule has 0 saturated heterocycles. The Bertz CT molecular complexity index is 293. The van der Waals surface area contributed by atoms with Gasteiger partial charge >= 0.3 is 0 Å². The van der Waals surface area contributed by atoms with Gasteiger partial charge in [0.25, 0.3) is 0 Å². The van der Waals surface area contributed by atoms with Gasteiger partial charge < -0.3 is 10.8 Å². The quantitative estimate of drug-likeness (QED) is 0.687. The van der Waals surface area contributed by atoms with Crippen molar-refractivity contribution in [2.75, 3.05) is 6.54 Å². The smallest absolute Gasteiger partial charge is 0.194 e. The summed E-state index contributed by atoms with van der Waals surface area (Å²) in [5.74, 6) is -4.21. The molecule has 0 aromatic heterocycles. The third kappa shape index (κ3) is 1.99. The van der Waals surface area contributed by atoms with E-state index in [9.17, 15) is 13.2 Å². The molecule has 0 fully saturated rings. The Labute approximate surface area is 72.8 Å². The molecule has 0 saturated carbocycles. The Balaban J connectivity index is 3.13. The number of nitrogens with two attached hydrogens (primary N) is 1. The molecule has 0 unspecified atom stereocenters. The lowest BCUT2D eigenvalue weighted by Crippen LogP contribution is -2.12. The molecule has 0 aliphatic rings. The summed E-state index contributed by atoms with van der Waals surface area (Å²) in [6.07, 6.45) is -1.18. The monoisotopic (exact) mass is 191 g/mol. The van der Waals surface area contributed by atoms with Gasteiger partial charge in [-0.2, -0.15) is 0 Å². The number of aliphatic hydroxyl groups is 1. The topological polar surface area (TPSA) is 46.2 Å². The maximum absolute atomic E-state index is 12.6. The lowest BCUT2D eigenvalue weighted by Gasteiger charge is -2.08. The summed E-state index contributed by atoms with van der Waals surface area (Å²) in [6, 6.07) is 1.44. The molecule has 2 nitrogen and oxygen atoms in total. The van der Waals surface area contributed by atoms with Crippen molar-refractivity contribution in [3.05, 3.63) is 35.1 Å². The molecule has 72 valence electrons. The zero-order valence-corrected chi connectivity index (χ0v) is 6.60. The van der Waals surface area contributed by atoms with Crippen molar-refractivity contribution < 1.29 is 18.3 Å². The first kappa shape index (κ1) is 10.0. The molecule has 0 spiro atoms. The molecule has 13 heavy (non-hydrogen) atoms. The second-order valence-corrected chi connectivity index (χ2v) is 2.55. The average molecular weight is 191 g/mol. The lowest BCUT2D eigenvalue weighted by molar-refractivity contribution is 0.185. The zero-order chi connectivity index (χ0) is 10.0. The van der Waals surface area contributed by atoms with E-state index in [2.05, 4.69) is 0 Å². The van der Waals surface area contributed by atoms with Gasteiger partial charge in [0.2, 0.25) is 0 Å². The minimum absolute atomic E-state index is 0.0705. The summed E-state index contributed by atoms with van der Waals surface area (Å²) < 4.78 is 37.6. The summed E-state index contributed by atoms with van der Waals surface area (Å²) in [5, 5.41) is 9.09. The van der Waals surface area contributed by atoms with Crippen LogP contribution in [-0.2, 0) is 0 Å². The van der Waals surface area contributed by atoms with Crippen LogP contribution in [0.4, 0.5) is 13.2 Å². The number of hydrogen-bond donors (Lipinski definition) is 2. The molecule has 1 atom stereocenters. The first-order valence-electron chi connectivity index (χ1n) is 3.59. The highest BCUT2D eigenvalue weighted by atomic mass is 19.2. The maximum Gasteiger partial charge on any atom is 0.194 e. The molecule has 1 aromatic rings. The third-order valence-corrected chi connectivity index (χ3v) is 1.61. The summed E-state index contributed by atoms with van der Waals surface area (Å²) >= 11 is 0. The van der Waals surface area contributed by atoms with Gasteiger partial charge in [-0.3, -0.25) is 0 Å². The Kier molecular flexibility index (Phi) is 2.90. The summed E-state index contributed by atoms with van der Waals surface area (Å²) in [7, 11) is 0. The molecule has 5 heteroatoms. The van der Waals surface area contributed by atoms with Crippen molar-refractivity contribution in [2.45, 2.75) is 6.10 Å². The van der Waals surface area contributed by atoms with E-state index in [-0.39, 0.29) is 12.1 Å². The number of benzene rings is 1. The summed E-state index contributed by atoms with van der Waals surface area (Å²) in [5.41, 5.74) is 4.98. The van der Waals surface area contributed by atoms with Gasteiger partial charge in [-0.15, -0.1) is 0 Å². The minimum atomic E-state index is -1.55. The van der Waals surface area contributed by atoms with E-state index in [1.165, 1.54) is 0 Å². The highest BCUT2D eigenvalue weighted by Gasteiger charge is 2.14. The van der Waals surface area contributed by atoms with Crippen LogP contribution in [-0.4, -0.2) is 11.7 Å². The first-order chi connectivity index (χ1) is 6.06. The zero-order valence-electron chi connectivity index (χ0n) is 6.60. The number of aliphatic hydroxyl groups excluding tert-OH is 1. The van der Waals surface area contributed by atoms with Crippen molar-refractivity contribution in [3.8, 4) is 0 Å². The second-order valence-electron chi connectivity index (χ2n) is 2.55. The van der Waals surface area contributed by atoms with E-state index < -0.39 is 23.6 Å². The van der Waals surface area contributed by atoms with Crippen molar-refractivity contribution in [1.29, 1.82) is 0 Å². The largest absolute Gasteiger partial charge is 0.387 e. The van der Waals surface area contributed by atoms with E-state index in [0.29, 0.717) is 0 Å². The Morgan fingerprint density at radius 1 is 1.23 bits per heavy atom. The minimum Gasteiger partial charge on any atom is -0.387 e. The van der Waals surface area contributed by atoms with Crippen molar-refractivity contribution >= 4 is 0 Å². The maximum atomic E-state index is 12.6. The lowest BCUT2D eigenvalue weighted by atomic mass is 10.1. The fourth-order valence-corrected chi connectivity index (χ4v) is 0.904. The SMILES string of the molecule is NC[C@@H](O)c1cc(F)c(F)c(F)c1. The first-order valence-corrected chi connectivity index (χ1v) is 3.59. The van der Waals surface area contributed by atoms with E-state index in [1.807, 2.05) is 0 Å². The molecular formula is C8H8F3NO. The molecule has 0 aliphatic carbocycles. The molecule has 0 amide bonds. The van der Waals surface area contributed by atoms with Crippen LogP contribution in [0.15, 0.2) is 12.1 Å². The standard InChI is InChI=1S/C8H8F3NO/c9-5-1-4(7(13)3-12)2-6(10)8(5)11/h1-2,7,13H,3,12H2/t7-/m1/s1. The Morgan fingerprint density at radius 2 is 1.69 bits per heavy atom. The predicted octanol–water partition coefficient (Wildman–Crippen LogP) is 1.10. The van der Waals surface area contributed by atoms with Gasteiger partial charge in [0.05, 0.1) is 6.10 Å². The number of rotatable bonds is 2. The molecule has 0 aliphatic heterocycles. The van der Waals surface area contributed by atoms with Crippen LogP contribution in [0.25, 0.3) is 0 Å². The van der Waals surface area contributed by atoms with Crippen LogP contribution in [0.3, 0.4) is 0 Å². The Hall–Kier alpha value is -1.07. The predicted molar refractivity (Wildman–Crippen MR) is 40.3 cm³/mol. The average Bonchev–Trinajstić information content (AvgIpc) is 2.12. The van der Waals surface area contributed by atoms with Gasteiger partial charge in [0.15, 0.2) is 17.5 Å². The van der Waals surface area contributed by atoms with E-state index in [1.54, 1.807) is 0 Å². The van der Waals surface area contributed by atoms with Gasteiger partial charge in [0.1, 0.15) is 0 Å². The second kappa shape index (κ2) is 3.76. The van der Waals surface area contributed by atoms with Crippen molar-refractivity contribution in [3.63, 3.8) is 0 Å². The molecule has 1 aromatic carbocycles. The van der Waals surface area contributed by atoms with Crippen LogP contribution in [0.1, 0.15) is 11.7 Å². The summed E-state index contributed by atoms with van der Waals surface area (Å²) in [6.45, 7) is -0.176. The molecule has 0 bridgehead atoms. The fraction of sp³-hybridized carbons (Fsp3) is 0.250. The van der Waals surface area contributed by atoms with Gasteiger partial charge in [-0.05, 0) is 17.7 Å². The van der Waals surface area contributed by atoms with E-state index in [4.69, 9.17) is 10.8 Å². The van der Waals surface area contributed by atoms with Crippen molar-refractivity contribution in [2.24, 2.45) is 5.73 Å². The Morgan fingerprint density at radius 3 is 2.08 bits per heavy atom. The highest BCUT2D eigenvalue weighted by molar-refractivity contribution is 5.21. The normalized spacial score (nSPS) is 13.0. The van der Waals surface area contributed by atoms with Gasteiger partial charge in [-0.1, -0.05) is 0 Å². The molecular weight excluding hydrogens is 183 g/mol. The summed E-state index contributed by atoms with van der Waals surface area (Å²) in [4.78, 5) is 0. The van der Waals surface area contributed by atoms with Crippen LogP contribution >= 0.6 is 0 Å². The fourth-order valence-electron chi connectivity index (χ4n) is 0.904. The number of hydrogen-bond acceptors (Lipinski definition) is 2. The highest BCUT2D eigenvalue weighted by Crippen LogP contribution is 2.18. The molecule has 0 heterocycles. The third-order valence-electron chi connectivity index (χ3n) is 1.61. The molecule has 3 N–H and O–H groups in total. The van der Waals surface area contributed by atoms with Gasteiger partial charge in [0, 0.05) is 6.54 Å². The van der Waals surface area contributed by atoms with E-state index in [0.717, 1.165) is 12.1 Å². The van der Waals surface area contributed by atoms with Crippen LogP contribution in [0, 0.1) is 17.5 Å². The van der Waals surface area contributed by atoms with Crippen LogP contribution in [0.5, 0.6) is 0 Å². The van der Waals surface area contributed by atoms with Gasteiger partial charge in [-0.25, -0.2) is 13.2 Å². The molecule has 1 rings (SSSR count). The van der Waals surface area contributed by atoms with Crippen LogP contribution in [0.2, 0.25) is 0 Å². The number of halogens is 3. The van der Waals surface area contributed by atoms with Crippen LogP contribution < -0.4 is 5.73 Å². The van der Waals surface area contributed by atoms with E-state index >= 15 is 0 Å². The molecule has 0 radical (unpaired) electrons.